The molecular weight excluding hydrogens is 365 g/mol. The van der Waals surface area contributed by atoms with Crippen LogP contribution in [0, 0.1) is 0 Å². The molecule has 0 saturated heterocycles. The maximum absolute atomic E-state index is 12.5. The average molecular weight is 382 g/mol. The first-order valence-corrected chi connectivity index (χ1v) is 7.85. The second-order valence-corrected chi connectivity index (χ2v) is 5.60. The largest absolute Gasteiger partial charge is 0.465 e. The zero-order valence-electron chi connectivity index (χ0n) is 14.5. The first-order chi connectivity index (χ1) is 12.6. The Morgan fingerprint density at radius 1 is 1.22 bits per heavy atom. The van der Waals surface area contributed by atoms with Gasteiger partial charge in [0.15, 0.2) is 6.10 Å². The van der Waals surface area contributed by atoms with E-state index in [1.54, 1.807) is 0 Å². The van der Waals surface area contributed by atoms with E-state index in [0.29, 0.717) is 11.1 Å². The van der Waals surface area contributed by atoms with Gasteiger partial charge in [0.2, 0.25) is 11.8 Å². The van der Waals surface area contributed by atoms with Gasteiger partial charge in [-0.2, -0.15) is 13.2 Å². The van der Waals surface area contributed by atoms with E-state index in [1.807, 2.05) is 0 Å². The molecule has 0 aliphatic carbocycles. The average Bonchev–Trinajstić information content (AvgIpc) is 2.59. The number of aromatic nitrogens is 2. The number of hydrogen-bond donors (Lipinski definition) is 2. The lowest BCUT2D eigenvalue weighted by molar-refractivity contribution is -0.189. The van der Waals surface area contributed by atoms with Crippen molar-refractivity contribution >= 4 is 17.6 Å². The molecule has 2 amide bonds. The summed E-state index contributed by atoms with van der Waals surface area (Å²) in [5, 5.41) is 5.11. The van der Waals surface area contributed by atoms with E-state index >= 15 is 0 Å². The standard InChI is InChI=1S/C17H17F3N4O3/c1-10(17(18,19)20)27-15-4-3-12(8-22-15)9-23-16(26)13-5-6-21-14(7-13)24-11(2)25/h3-8,10H,9H2,1-2H3,(H,23,26)(H,21,24,25). The van der Waals surface area contributed by atoms with Gasteiger partial charge >= 0.3 is 6.18 Å². The minimum absolute atomic E-state index is 0.110. The van der Waals surface area contributed by atoms with Crippen molar-refractivity contribution in [3.05, 3.63) is 47.8 Å². The predicted octanol–water partition coefficient (Wildman–Crippen LogP) is 2.69. The number of nitrogens with zero attached hydrogens (tertiary/aromatic N) is 2. The lowest BCUT2D eigenvalue weighted by atomic mass is 10.2. The molecule has 0 aliphatic rings. The number of anilines is 1. The molecule has 7 nitrogen and oxygen atoms in total. The van der Waals surface area contributed by atoms with Crippen molar-refractivity contribution < 1.29 is 27.5 Å². The molecule has 0 aromatic carbocycles. The molecule has 2 aromatic heterocycles. The molecule has 2 aromatic rings. The maximum atomic E-state index is 12.5. The fourth-order valence-electron chi connectivity index (χ4n) is 1.94. The van der Waals surface area contributed by atoms with Crippen molar-refractivity contribution in [3.8, 4) is 5.88 Å². The van der Waals surface area contributed by atoms with Crippen molar-refractivity contribution in [2.75, 3.05) is 5.32 Å². The fourth-order valence-corrected chi connectivity index (χ4v) is 1.94. The fraction of sp³-hybridized carbons (Fsp3) is 0.294. The molecule has 0 bridgehead atoms. The minimum atomic E-state index is -4.48. The van der Waals surface area contributed by atoms with Gasteiger partial charge < -0.3 is 15.4 Å². The highest BCUT2D eigenvalue weighted by Gasteiger charge is 2.38. The third-order valence-electron chi connectivity index (χ3n) is 3.34. The number of carbonyl (C=O) groups is 2. The van der Waals surface area contributed by atoms with E-state index < -0.39 is 18.2 Å². The van der Waals surface area contributed by atoms with E-state index in [4.69, 9.17) is 4.74 Å². The van der Waals surface area contributed by atoms with Gasteiger partial charge in [-0.15, -0.1) is 0 Å². The van der Waals surface area contributed by atoms with Gasteiger partial charge in [-0.1, -0.05) is 6.07 Å². The second kappa shape index (κ2) is 8.47. The number of rotatable bonds is 6. The van der Waals surface area contributed by atoms with Crippen LogP contribution in [-0.2, 0) is 11.3 Å². The van der Waals surface area contributed by atoms with Crippen LogP contribution in [0.15, 0.2) is 36.7 Å². The second-order valence-electron chi connectivity index (χ2n) is 5.60. The Balaban J connectivity index is 1.93. The molecule has 144 valence electrons. The normalized spacial score (nSPS) is 12.2. The van der Waals surface area contributed by atoms with Gasteiger partial charge in [-0.3, -0.25) is 9.59 Å². The lowest BCUT2D eigenvalue weighted by Crippen LogP contribution is -2.31. The first-order valence-electron chi connectivity index (χ1n) is 7.85. The number of nitrogens with one attached hydrogen (secondary N) is 2. The Morgan fingerprint density at radius 3 is 2.56 bits per heavy atom. The van der Waals surface area contributed by atoms with Gasteiger partial charge in [0, 0.05) is 37.5 Å². The van der Waals surface area contributed by atoms with Crippen molar-refractivity contribution in [2.24, 2.45) is 0 Å². The van der Waals surface area contributed by atoms with Crippen LogP contribution in [0.25, 0.3) is 0 Å². The highest BCUT2D eigenvalue weighted by molar-refractivity contribution is 5.96. The summed E-state index contributed by atoms with van der Waals surface area (Å²) >= 11 is 0. The number of ether oxygens (including phenoxy) is 1. The van der Waals surface area contributed by atoms with E-state index in [0.717, 1.165) is 6.92 Å². The molecule has 1 atom stereocenters. The summed E-state index contributed by atoms with van der Waals surface area (Å²) < 4.78 is 42.1. The number of amides is 2. The quantitative estimate of drug-likeness (QED) is 0.801. The highest BCUT2D eigenvalue weighted by atomic mass is 19.4. The minimum Gasteiger partial charge on any atom is -0.465 e. The van der Waals surface area contributed by atoms with Crippen molar-refractivity contribution in [2.45, 2.75) is 32.7 Å². The van der Waals surface area contributed by atoms with Crippen LogP contribution in [0.4, 0.5) is 19.0 Å². The molecule has 0 aliphatic heterocycles. The van der Waals surface area contributed by atoms with Gasteiger partial charge in [-0.05, 0) is 24.6 Å². The van der Waals surface area contributed by atoms with Crippen LogP contribution in [0.5, 0.6) is 5.88 Å². The zero-order valence-corrected chi connectivity index (χ0v) is 14.5. The van der Waals surface area contributed by atoms with E-state index in [9.17, 15) is 22.8 Å². The molecule has 2 rings (SSSR count). The summed E-state index contributed by atoms with van der Waals surface area (Å²) in [7, 11) is 0. The molecule has 0 radical (unpaired) electrons. The van der Waals surface area contributed by atoms with Crippen LogP contribution in [0.1, 0.15) is 29.8 Å². The molecule has 2 N–H and O–H groups in total. The Hall–Kier alpha value is -3.17. The molecule has 27 heavy (non-hydrogen) atoms. The molecule has 0 fully saturated rings. The number of hydrogen-bond acceptors (Lipinski definition) is 5. The summed E-state index contributed by atoms with van der Waals surface area (Å²) in [6.45, 7) is 2.32. The van der Waals surface area contributed by atoms with Crippen LogP contribution >= 0.6 is 0 Å². The summed E-state index contributed by atoms with van der Waals surface area (Å²) in [4.78, 5) is 30.9. The number of carbonyl (C=O) groups excluding carboxylic acids is 2. The highest BCUT2D eigenvalue weighted by Crippen LogP contribution is 2.23. The SMILES string of the molecule is CC(=O)Nc1cc(C(=O)NCc2ccc(OC(C)C(F)(F)F)nc2)ccn1. The summed E-state index contributed by atoms with van der Waals surface area (Å²) in [5.74, 6) is -0.635. The number of pyridine rings is 2. The Kier molecular flexibility index (Phi) is 6.32. The maximum Gasteiger partial charge on any atom is 0.425 e. The number of alkyl halides is 3. The Morgan fingerprint density at radius 2 is 1.96 bits per heavy atom. The summed E-state index contributed by atoms with van der Waals surface area (Å²) in [5.41, 5.74) is 0.868. The first kappa shape index (κ1) is 20.1. The van der Waals surface area contributed by atoms with Crippen LogP contribution < -0.4 is 15.4 Å². The summed E-state index contributed by atoms with van der Waals surface area (Å²) in [6, 6.07) is 5.70. The van der Waals surface area contributed by atoms with E-state index in [2.05, 4.69) is 20.6 Å². The van der Waals surface area contributed by atoms with Crippen LogP contribution in [0.3, 0.4) is 0 Å². The topological polar surface area (TPSA) is 93.2 Å². The van der Waals surface area contributed by atoms with E-state index in [-0.39, 0.29) is 24.1 Å². The Labute approximate surface area is 153 Å². The lowest BCUT2D eigenvalue weighted by Gasteiger charge is -2.16. The predicted molar refractivity (Wildman–Crippen MR) is 90.1 cm³/mol. The van der Waals surface area contributed by atoms with Gasteiger partial charge in [0.1, 0.15) is 5.82 Å². The zero-order chi connectivity index (χ0) is 20.0. The third kappa shape index (κ3) is 6.24. The Bertz CT molecular complexity index is 810. The van der Waals surface area contributed by atoms with Crippen molar-refractivity contribution in [3.63, 3.8) is 0 Å². The number of halogens is 3. The van der Waals surface area contributed by atoms with Gasteiger partial charge in [0.05, 0.1) is 0 Å². The summed E-state index contributed by atoms with van der Waals surface area (Å²) in [6.07, 6.45) is -3.75. The molecular formula is C17H17F3N4O3. The van der Waals surface area contributed by atoms with Gasteiger partial charge in [-0.25, -0.2) is 9.97 Å². The van der Waals surface area contributed by atoms with Crippen LogP contribution in [-0.4, -0.2) is 34.1 Å². The monoisotopic (exact) mass is 382 g/mol. The molecule has 0 saturated carbocycles. The molecule has 1 unspecified atom stereocenters. The molecule has 0 spiro atoms. The van der Waals surface area contributed by atoms with Gasteiger partial charge in [0.25, 0.3) is 5.91 Å². The van der Waals surface area contributed by atoms with E-state index in [1.165, 1.54) is 43.6 Å². The third-order valence-corrected chi connectivity index (χ3v) is 3.34. The molecule has 2 heterocycles. The molecule has 10 heteroatoms. The smallest absolute Gasteiger partial charge is 0.425 e. The van der Waals surface area contributed by atoms with Crippen LogP contribution in [0.2, 0.25) is 0 Å². The van der Waals surface area contributed by atoms with Crippen molar-refractivity contribution in [1.29, 1.82) is 0 Å². The van der Waals surface area contributed by atoms with Crippen molar-refractivity contribution in [1.82, 2.24) is 15.3 Å².